The summed E-state index contributed by atoms with van der Waals surface area (Å²) in [7, 11) is 0. The molecule has 2 fully saturated rings. The summed E-state index contributed by atoms with van der Waals surface area (Å²) in [6.07, 6.45) is 5.27. The Morgan fingerprint density at radius 2 is 1.08 bits per heavy atom. The van der Waals surface area contributed by atoms with Crippen molar-refractivity contribution in [3.05, 3.63) is 115 Å². The molecule has 2 saturated heterocycles. The van der Waals surface area contributed by atoms with Gasteiger partial charge in [0.05, 0.1) is 30.7 Å². The highest BCUT2D eigenvalue weighted by Gasteiger charge is 2.31. The van der Waals surface area contributed by atoms with E-state index in [1.165, 1.54) is 10.8 Å². The molecule has 8 rings (SSSR count). The van der Waals surface area contributed by atoms with Crippen molar-refractivity contribution in [2.24, 2.45) is 0 Å². The normalized spacial score (nSPS) is 16.1. The number of carboxylic acid groups (broad SMARTS) is 1. The first-order valence-corrected chi connectivity index (χ1v) is 25.4. The zero-order valence-electron chi connectivity index (χ0n) is 42.7. The lowest BCUT2D eigenvalue weighted by molar-refractivity contribution is -0.144. The van der Waals surface area contributed by atoms with Gasteiger partial charge in [0.1, 0.15) is 35.3 Å². The lowest BCUT2D eigenvalue weighted by Gasteiger charge is -2.34. The quantitative estimate of drug-likeness (QED) is 0.0755. The highest BCUT2D eigenvalue weighted by Crippen LogP contribution is 2.29. The Balaban J connectivity index is 0.000000217. The minimum Gasteiger partial charge on any atom is -0.480 e. The number of aromatic nitrogens is 6. The maximum atomic E-state index is 13.6. The molecule has 0 radical (unpaired) electrons. The predicted molar refractivity (Wildman–Crippen MR) is 283 cm³/mol. The van der Waals surface area contributed by atoms with E-state index in [2.05, 4.69) is 15.5 Å². The molecule has 0 aliphatic carbocycles. The molecular formula is C52H64Cl2N10O10. The number of hydrogen-bond donors (Lipinski definition) is 3. The van der Waals surface area contributed by atoms with Gasteiger partial charge in [0, 0.05) is 60.7 Å². The number of pyridine rings is 2. The van der Waals surface area contributed by atoms with Gasteiger partial charge in [-0.15, -0.1) is 0 Å². The number of alkyl carbamates (subject to hydrolysis) is 2. The summed E-state index contributed by atoms with van der Waals surface area (Å²) in [4.78, 5) is 88.7. The zero-order chi connectivity index (χ0) is 53.5. The van der Waals surface area contributed by atoms with Crippen LogP contribution in [0.2, 0.25) is 10.0 Å². The average Bonchev–Trinajstić information content (AvgIpc) is 3.88. The summed E-state index contributed by atoms with van der Waals surface area (Å²) >= 11 is 12.9. The monoisotopic (exact) mass is 1060 g/mol. The van der Waals surface area contributed by atoms with E-state index >= 15 is 0 Å². The molecule has 22 heteroatoms. The van der Waals surface area contributed by atoms with Crippen LogP contribution in [-0.4, -0.2) is 114 Å². The van der Waals surface area contributed by atoms with Gasteiger partial charge in [0.25, 0.3) is 11.1 Å². The third-order valence-electron chi connectivity index (χ3n) is 12.0. The Kier molecular flexibility index (Phi) is 17.3. The van der Waals surface area contributed by atoms with Crippen LogP contribution < -0.4 is 31.6 Å². The maximum Gasteiger partial charge on any atom is 0.407 e. The first-order valence-electron chi connectivity index (χ1n) is 24.6. The lowest BCUT2D eigenvalue weighted by atomic mass is 10.1. The number of carboxylic acids is 1. The number of halogens is 2. The molecule has 20 nitrogen and oxygen atoms in total. The van der Waals surface area contributed by atoms with E-state index in [0.717, 1.165) is 41.4 Å². The van der Waals surface area contributed by atoms with Crippen LogP contribution in [0.5, 0.6) is 0 Å². The van der Waals surface area contributed by atoms with Crippen molar-refractivity contribution in [1.29, 1.82) is 0 Å². The Morgan fingerprint density at radius 1 is 0.662 bits per heavy atom. The fraction of sp³-hybridized carbons (Fsp3) is 0.462. The second kappa shape index (κ2) is 23.4. The minimum atomic E-state index is -1.11. The number of benzene rings is 2. The van der Waals surface area contributed by atoms with Crippen LogP contribution in [0, 0.1) is 0 Å². The molecule has 2 aliphatic rings. The molecule has 2 aromatic carbocycles. The lowest BCUT2D eigenvalue weighted by Crippen LogP contribution is -2.49. The van der Waals surface area contributed by atoms with Crippen LogP contribution in [0.1, 0.15) is 85.3 Å². The van der Waals surface area contributed by atoms with Crippen molar-refractivity contribution < 1.29 is 38.5 Å². The van der Waals surface area contributed by atoms with E-state index in [0.29, 0.717) is 76.7 Å². The van der Waals surface area contributed by atoms with E-state index in [9.17, 15) is 33.9 Å². The summed E-state index contributed by atoms with van der Waals surface area (Å²) in [5, 5.41) is 16.3. The van der Waals surface area contributed by atoms with Gasteiger partial charge in [-0.3, -0.25) is 19.2 Å². The van der Waals surface area contributed by atoms with Gasteiger partial charge in [0.2, 0.25) is 11.9 Å². The van der Waals surface area contributed by atoms with Crippen molar-refractivity contribution in [2.45, 2.75) is 124 Å². The highest BCUT2D eigenvalue weighted by molar-refractivity contribution is 6.31. The van der Waals surface area contributed by atoms with Gasteiger partial charge in [-0.2, -0.15) is 0 Å². The summed E-state index contributed by atoms with van der Waals surface area (Å²) in [6, 6.07) is 17.9. The van der Waals surface area contributed by atoms with Gasteiger partial charge in [-0.1, -0.05) is 59.6 Å². The van der Waals surface area contributed by atoms with Gasteiger partial charge in [-0.25, -0.2) is 19.6 Å². The Bertz CT molecular complexity index is 3130. The molecule has 74 heavy (non-hydrogen) atoms. The number of hydrogen-bond acceptors (Lipinski definition) is 13. The predicted octanol–water partition coefficient (Wildman–Crippen LogP) is 7.43. The first kappa shape index (κ1) is 54.7. The number of fused-ring (bicyclic) bond motifs is 2. The third kappa shape index (κ3) is 14.0. The van der Waals surface area contributed by atoms with E-state index in [1.54, 1.807) is 42.0 Å². The molecule has 2 amide bonds. The van der Waals surface area contributed by atoms with Gasteiger partial charge < -0.3 is 58.0 Å². The van der Waals surface area contributed by atoms with E-state index in [-0.39, 0.29) is 37.3 Å². The molecule has 3 N–H and O–H groups in total. The average molecular weight is 1060 g/mol. The highest BCUT2D eigenvalue weighted by atomic mass is 35.5. The summed E-state index contributed by atoms with van der Waals surface area (Å²) in [6.45, 7) is 15.2. The second-order valence-electron chi connectivity index (χ2n) is 20.2. The van der Waals surface area contributed by atoms with Crippen LogP contribution in [-0.2, 0) is 50.0 Å². The molecule has 6 aromatic rings. The number of carbonyl (C=O) groups is 4. The zero-order valence-corrected chi connectivity index (χ0v) is 44.2. The van der Waals surface area contributed by atoms with Gasteiger partial charge >= 0.3 is 24.1 Å². The van der Waals surface area contributed by atoms with Gasteiger partial charge in [-0.05, 0) is 110 Å². The van der Waals surface area contributed by atoms with Gasteiger partial charge in [0.15, 0.2) is 0 Å². The van der Waals surface area contributed by atoms with Crippen molar-refractivity contribution in [2.75, 3.05) is 42.6 Å². The minimum absolute atomic E-state index is 0.146. The van der Waals surface area contributed by atoms with E-state index in [1.807, 2.05) is 87.4 Å². The second-order valence-corrected chi connectivity index (χ2v) is 21.0. The number of carbonyl (C=O) groups excluding carboxylic acids is 3. The molecule has 2 atom stereocenters. The summed E-state index contributed by atoms with van der Waals surface area (Å²) in [5.74, 6) is -0.438. The van der Waals surface area contributed by atoms with Crippen molar-refractivity contribution in [3.8, 4) is 0 Å². The number of nitrogens with one attached hydrogen (secondary N) is 2. The molecule has 396 valence electrons. The van der Waals surface area contributed by atoms with Crippen molar-refractivity contribution in [3.63, 3.8) is 0 Å². The number of rotatable bonds is 13. The standard InChI is InChI=1S/C27H34ClN5O5.C25H30ClN5O5/c1-5-37-22(34)17-31-14-12-21-23(24(31)35)33(15-18-9-6-7-11-20(18)28)25(30-21)32-13-8-10-19(16-32)29-26(36)38-27(2,3)4;1-25(2,3)36-24(35)27-17-8-6-11-30(14-17)23-28-19-10-12-29(15-20(32)33)22(34)21(19)31(23)13-16-7-4-5-9-18(16)26/h6-7,9,11-12,14,19H,5,8,10,13,15-17H2,1-4H3,(H,29,36);4-5,7,9-10,12,17H,6,8,11,13-15H2,1-3H3,(H,27,35)(H,32,33)/t19-;17-/m11/s1. The number of esters is 1. The SMILES string of the molecule is CC(C)(C)OC(=O)N[C@@H]1CCCN(c2nc3ccn(CC(=O)O)c(=O)c3n2Cc2ccccc2Cl)C1.CCOC(=O)Cn1ccc2nc(N3CCC[C@@H](NC(=O)OC(C)(C)C)C3)n(Cc3ccccc3Cl)c2c1=O. The van der Waals surface area contributed by atoms with E-state index < -0.39 is 47.4 Å². The number of aliphatic carboxylic acids is 1. The molecule has 0 spiro atoms. The fourth-order valence-electron chi connectivity index (χ4n) is 8.95. The van der Waals surface area contributed by atoms with Crippen molar-refractivity contribution >= 4 is 81.3 Å². The number of amides is 2. The maximum absolute atomic E-state index is 13.6. The first-order chi connectivity index (χ1) is 35.1. The van der Waals surface area contributed by atoms with Crippen LogP contribution in [0.4, 0.5) is 21.5 Å². The van der Waals surface area contributed by atoms with E-state index in [4.69, 9.17) is 47.4 Å². The van der Waals surface area contributed by atoms with Crippen LogP contribution >= 0.6 is 23.2 Å². The Labute approximate surface area is 438 Å². The van der Waals surface area contributed by atoms with Crippen LogP contribution in [0.25, 0.3) is 22.1 Å². The summed E-state index contributed by atoms with van der Waals surface area (Å²) in [5.41, 5.74) is 1.30. The smallest absolute Gasteiger partial charge is 0.407 e. The number of ether oxygens (including phenoxy) is 3. The van der Waals surface area contributed by atoms with Crippen molar-refractivity contribution in [1.82, 2.24) is 38.9 Å². The molecule has 0 saturated carbocycles. The Morgan fingerprint density at radius 3 is 1.47 bits per heavy atom. The fourth-order valence-corrected chi connectivity index (χ4v) is 9.34. The topological polar surface area (TPSA) is 226 Å². The number of imidazole rings is 2. The number of piperidine rings is 2. The number of anilines is 2. The molecule has 4 aromatic heterocycles. The third-order valence-corrected chi connectivity index (χ3v) is 12.8. The van der Waals surface area contributed by atoms with Crippen LogP contribution in [0.15, 0.2) is 82.6 Å². The Hall–Kier alpha value is -7.06. The molecular weight excluding hydrogens is 996 g/mol. The van der Waals surface area contributed by atoms with Crippen LogP contribution in [0.3, 0.4) is 0 Å². The molecule has 0 unspecified atom stereocenters. The summed E-state index contributed by atoms with van der Waals surface area (Å²) < 4.78 is 22.0. The number of nitrogens with zero attached hydrogens (tertiary/aromatic N) is 8. The largest absolute Gasteiger partial charge is 0.480 e. The molecule has 2 aliphatic heterocycles. The molecule has 6 heterocycles. The molecule has 0 bridgehead atoms.